The molecule has 156 valence electrons. The van der Waals surface area contributed by atoms with Crippen LogP contribution in [0.15, 0.2) is 53.4 Å². The molecule has 0 aliphatic carbocycles. The monoisotopic (exact) mass is 422 g/mol. The van der Waals surface area contributed by atoms with Gasteiger partial charge in [0.05, 0.1) is 22.1 Å². The maximum atomic E-state index is 13.2. The summed E-state index contributed by atoms with van der Waals surface area (Å²) in [6.07, 6.45) is 0.695. The van der Waals surface area contributed by atoms with Crippen molar-refractivity contribution in [3.05, 3.63) is 58.6 Å². The number of sulfonamides is 1. The van der Waals surface area contributed by atoms with E-state index in [0.29, 0.717) is 18.0 Å². The lowest BCUT2D eigenvalue weighted by molar-refractivity contribution is -0.385. The first kappa shape index (κ1) is 22.2. The van der Waals surface area contributed by atoms with E-state index in [1.165, 1.54) is 18.2 Å². The van der Waals surface area contributed by atoms with Crippen molar-refractivity contribution in [3.63, 3.8) is 0 Å². The van der Waals surface area contributed by atoms with Gasteiger partial charge >= 0.3 is 5.97 Å². The number of aliphatic carboxylic acids is 1. The summed E-state index contributed by atoms with van der Waals surface area (Å²) in [5, 5.41) is 19.9. The molecule has 0 unspecified atom stereocenters. The Kier molecular flexibility index (Phi) is 7.54. The van der Waals surface area contributed by atoms with Crippen molar-refractivity contribution in [1.29, 1.82) is 0 Å². The molecule has 0 aliphatic rings. The van der Waals surface area contributed by atoms with E-state index in [0.717, 1.165) is 16.8 Å². The zero-order valence-electron chi connectivity index (χ0n) is 15.9. The summed E-state index contributed by atoms with van der Waals surface area (Å²) in [6.45, 7) is 2.39. The van der Waals surface area contributed by atoms with Gasteiger partial charge in [0.15, 0.2) is 0 Å². The molecular formula is C19H22N2O7S. The number of carboxylic acids is 1. The first-order chi connectivity index (χ1) is 13.8. The first-order valence-corrected chi connectivity index (χ1v) is 10.4. The molecule has 0 saturated heterocycles. The van der Waals surface area contributed by atoms with Gasteiger partial charge in [-0.1, -0.05) is 13.0 Å². The SMILES string of the molecule is CCCOc1ccc(N(CCCC(=O)O)S(=O)(=O)c2cccc([N+](=O)[O-])c2)cc1. The Labute approximate surface area is 168 Å². The minimum atomic E-state index is -4.14. The van der Waals surface area contributed by atoms with Crippen LogP contribution in [-0.2, 0) is 14.8 Å². The van der Waals surface area contributed by atoms with Crippen LogP contribution >= 0.6 is 0 Å². The maximum absolute atomic E-state index is 13.2. The minimum absolute atomic E-state index is 0.0809. The Balaban J connectivity index is 2.39. The molecule has 2 aromatic rings. The number of anilines is 1. The zero-order chi connectivity index (χ0) is 21.4. The van der Waals surface area contributed by atoms with Gasteiger partial charge in [0.25, 0.3) is 15.7 Å². The van der Waals surface area contributed by atoms with E-state index in [4.69, 9.17) is 9.84 Å². The van der Waals surface area contributed by atoms with Crippen molar-refractivity contribution in [1.82, 2.24) is 0 Å². The molecule has 9 nitrogen and oxygen atoms in total. The zero-order valence-corrected chi connectivity index (χ0v) is 16.7. The van der Waals surface area contributed by atoms with Gasteiger partial charge in [0.2, 0.25) is 0 Å². The van der Waals surface area contributed by atoms with E-state index in [1.54, 1.807) is 24.3 Å². The third kappa shape index (κ3) is 5.92. The van der Waals surface area contributed by atoms with Gasteiger partial charge in [-0.25, -0.2) is 8.42 Å². The number of hydrogen-bond acceptors (Lipinski definition) is 6. The number of nitro benzene ring substituents is 1. The van der Waals surface area contributed by atoms with E-state index in [1.807, 2.05) is 6.92 Å². The summed E-state index contributed by atoms with van der Waals surface area (Å²) in [5.74, 6) is -0.463. The molecule has 0 aliphatic heterocycles. The largest absolute Gasteiger partial charge is 0.494 e. The Bertz CT molecular complexity index is 959. The molecule has 0 radical (unpaired) electrons. The Morgan fingerprint density at radius 3 is 2.48 bits per heavy atom. The number of nitro groups is 1. The van der Waals surface area contributed by atoms with Crippen LogP contribution in [-0.4, -0.2) is 37.6 Å². The summed E-state index contributed by atoms with van der Waals surface area (Å²) in [5.41, 5.74) is -0.0365. The molecule has 2 aromatic carbocycles. The fraction of sp³-hybridized carbons (Fsp3) is 0.316. The predicted molar refractivity (Wildman–Crippen MR) is 107 cm³/mol. The molecule has 29 heavy (non-hydrogen) atoms. The molecule has 0 bridgehead atoms. The summed E-state index contributed by atoms with van der Waals surface area (Å²) in [4.78, 5) is 20.9. The van der Waals surface area contributed by atoms with Gasteiger partial charge in [0.1, 0.15) is 5.75 Å². The smallest absolute Gasteiger partial charge is 0.303 e. The number of nitrogens with zero attached hydrogens (tertiary/aromatic N) is 2. The van der Waals surface area contributed by atoms with E-state index in [-0.39, 0.29) is 30.0 Å². The molecule has 10 heteroatoms. The van der Waals surface area contributed by atoms with E-state index in [9.17, 15) is 23.3 Å². The highest BCUT2D eigenvalue weighted by molar-refractivity contribution is 7.92. The number of non-ortho nitro benzene ring substituents is 1. The van der Waals surface area contributed by atoms with E-state index in [2.05, 4.69) is 0 Å². The van der Waals surface area contributed by atoms with Crippen LogP contribution in [0.2, 0.25) is 0 Å². The predicted octanol–water partition coefficient (Wildman–Crippen LogP) is 3.44. The third-order valence-electron chi connectivity index (χ3n) is 3.97. The van der Waals surface area contributed by atoms with Crippen molar-refractivity contribution in [2.24, 2.45) is 0 Å². The summed E-state index contributed by atoms with van der Waals surface area (Å²) in [7, 11) is -4.14. The highest BCUT2D eigenvalue weighted by atomic mass is 32.2. The second-order valence-electron chi connectivity index (χ2n) is 6.17. The van der Waals surface area contributed by atoms with E-state index >= 15 is 0 Å². The fourth-order valence-electron chi connectivity index (χ4n) is 2.58. The number of ether oxygens (including phenoxy) is 1. The van der Waals surface area contributed by atoms with Gasteiger partial charge in [-0.15, -0.1) is 0 Å². The normalized spacial score (nSPS) is 11.1. The molecule has 0 aromatic heterocycles. The van der Waals surface area contributed by atoms with Gasteiger partial charge in [-0.2, -0.15) is 0 Å². The van der Waals surface area contributed by atoms with Crippen LogP contribution in [0.4, 0.5) is 11.4 Å². The fourth-order valence-corrected chi connectivity index (χ4v) is 4.12. The Morgan fingerprint density at radius 2 is 1.90 bits per heavy atom. The molecule has 0 amide bonds. The second-order valence-corrected chi connectivity index (χ2v) is 8.03. The number of hydrogen-bond donors (Lipinski definition) is 1. The molecule has 0 spiro atoms. The molecular weight excluding hydrogens is 400 g/mol. The summed E-state index contributed by atoms with van der Waals surface area (Å²) in [6, 6.07) is 11.1. The summed E-state index contributed by atoms with van der Waals surface area (Å²) >= 11 is 0. The molecule has 2 rings (SSSR count). The molecule has 0 heterocycles. The van der Waals surface area contributed by atoms with Crippen LogP contribution in [0.25, 0.3) is 0 Å². The minimum Gasteiger partial charge on any atom is -0.494 e. The van der Waals surface area contributed by atoms with Crippen LogP contribution in [0.1, 0.15) is 26.2 Å². The lowest BCUT2D eigenvalue weighted by Gasteiger charge is -2.24. The lowest BCUT2D eigenvalue weighted by Crippen LogP contribution is -2.32. The Hall–Kier alpha value is -3.14. The molecule has 0 atom stereocenters. The Morgan fingerprint density at radius 1 is 1.21 bits per heavy atom. The molecule has 0 fully saturated rings. The van der Waals surface area contributed by atoms with Crippen LogP contribution < -0.4 is 9.04 Å². The van der Waals surface area contributed by atoms with Gasteiger partial charge in [-0.05, 0) is 43.2 Å². The van der Waals surface area contributed by atoms with Gasteiger partial charge in [0, 0.05) is 25.1 Å². The molecule has 0 saturated carbocycles. The number of carbonyl (C=O) groups is 1. The van der Waals surface area contributed by atoms with Crippen LogP contribution in [0.5, 0.6) is 5.75 Å². The van der Waals surface area contributed by atoms with E-state index < -0.39 is 20.9 Å². The lowest BCUT2D eigenvalue weighted by atomic mass is 10.2. The summed E-state index contributed by atoms with van der Waals surface area (Å²) < 4.78 is 32.9. The van der Waals surface area contributed by atoms with Crippen LogP contribution in [0.3, 0.4) is 0 Å². The van der Waals surface area contributed by atoms with Crippen molar-refractivity contribution < 1.29 is 28.0 Å². The highest BCUT2D eigenvalue weighted by Gasteiger charge is 2.26. The van der Waals surface area contributed by atoms with Gasteiger partial charge in [-0.3, -0.25) is 19.2 Å². The second kappa shape index (κ2) is 9.87. The average molecular weight is 422 g/mol. The number of rotatable bonds is 11. The van der Waals surface area contributed by atoms with Crippen molar-refractivity contribution in [2.45, 2.75) is 31.1 Å². The number of benzene rings is 2. The van der Waals surface area contributed by atoms with Crippen molar-refractivity contribution in [3.8, 4) is 5.75 Å². The average Bonchev–Trinajstić information content (AvgIpc) is 2.70. The van der Waals surface area contributed by atoms with Crippen molar-refractivity contribution >= 4 is 27.4 Å². The maximum Gasteiger partial charge on any atom is 0.303 e. The van der Waals surface area contributed by atoms with Crippen molar-refractivity contribution in [2.75, 3.05) is 17.5 Å². The highest BCUT2D eigenvalue weighted by Crippen LogP contribution is 2.28. The first-order valence-electron chi connectivity index (χ1n) is 8.97. The standard InChI is InChI=1S/C19H22N2O7S/c1-2-13-28-17-10-8-15(9-11-17)20(12-4-7-19(22)23)29(26,27)18-6-3-5-16(14-18)21(24)25/h3,5-6,8-11,14H,2,4,7,12-13H2,1H3,(H,22,23). The quantitative estimate of drug-likeness (QED) is 0.434. The topological polar surface area (TPSA) is 127 Å². The molecule has 1 N–H and O–H groups in total. The van der Waals surface area contributed by atoms with Gasteiger partial charge < -0.3 is 9.84 Å². The third-order valence-corrected chi connectivity index (χ3v) is 5.79. The van der Waals surface area contributed by atoms with Crippen LogP contribution in [0, 0.1) is 10.1 Å². The number of carboxylic acid groups (broad SMARTS) is 1.